The molecule has 1 amide bonds. The van der Waals surface area contributed by atoms with Gasteiger partial charge < -0.3 is 9.73 Å². The van der Waals surface area contributed by atoms with Crippen molar-refractivity contribution in [1.82, 2.24) is 20.2 Å². The van der Waals surface area contributed by atoms with E-state index < -0.39 is 0 Å². The topological polar surface area (TPSA) is 96.7 Å². The number of benzene rings is 1. The SMILES string of the molecule is Cc1oc(-c2cccs2)nc1C(=O)Nc1ccc(-c2n[nH]c(C3CC3)n2)cc1. The van der Waals surface area contributed by atoms with Gasteiger partial charge >= 0.3 is 0 Å². The molecule has 28 heavy (non-hydrogen) atoms. The van der Waals surface area contributed by atoms with Gasteiger partial charge in [-0.15, -0.1) is 11.3 Å². The van der Waals surface area contributed by atoms with Crippen LogP contribution in [0.15, 0.2) is 46.2 Å². The van der Waals surface area contributed by atoms with Gasteiger partial charge in [0, 0.05) is 17.2 Å². The van der Waals surface area contributed by atoms with E-state index in [0.29, 0.717) is 29.1 Å². The lowest BCUT2D eigenvalue weighted by molar-refractivity contribution is 0.102. The van der Waals surface area contributed by atoms with Crippen LogP contribution in [0, 0.1) is 6.92 Å². The van der Waals surface area contributed by atoms with Gasteiger partial charge in [-0.2, -0.15) is 5.10 Å². The summed E-state index contributed by atoms with van der Waals surface area (Å²) in [4.78, 5) is 22.4. The predicted molar refractivity (Wildman–Crippen MR) is 106 cm³/mol. The molecule has 1 aliphatic rings. The van der Waals surface area contributed by atoms with Gasteiger partial charge in [0.2, 0.25) is 5.89 Å². The lowest BCUT2D eigenvalue weighted by Crippen LogP contribution is -2.13. The van der Waals surface area contributed by atoms with Crippen LogP contribution >= 0.6 is 11.3 Å². The van der Waals surface area contributed by atoms with Crippen molar-refractivity contribution in [2.45, 2.75) is 25.7 Å². The molecule has 1 aromatic carbocycles. The molecule has 8 heteroatoms. The number of oxazole rings is 1. The average molecular weight is 391 g/mol. The van der Waals surface area contributed by atoms with Crippen molar-refractivity contribution in [2.75, 3.05) is 5.32 Å². The first-order valence-electron chi connectivity index (χ1n) is 9.03. The Morgan fingerprint density at radius 2 is 2.04 bits per heavy atom. The number of hydrogen-bond acceptors (Lipinski definition) is 6. The lowest BCUT2D eigenvalue weighted by atomic mass is 10.2. The van der Waals surface area contributed by atoms with Crippen molar-refractivity contribution in [3.63, 3.8) is 0 Å². The normalized spacial score (nSPS) is 13.6. The minimum Gasteiger partial charge on any atom is -0.440 e. The quantitative estimate of drug-likeness (QED) is 0.517. The van der Waals surface area contributed by atoms with E-state index in [1.165, 1.54) is 24.2 Å². The van der Waals surface area contributed by atoms with E-state index in [1.807, 2.05) is 41.8 Å². The van der Waals surface area contributed by atoms with E-state index in [9.17, 15) is 4.79 Å². The number of rotatable bonds is 5. The Morgan fingerprint density at radius 1 is 1.21 bits per heavy atom. The van der Waals surface area contributed by atoms with Gasteiger partial charge in [-0.3, -0.25) is 9.89 Å². The number of aryl methyl sites for hydroxylation is 1. The van der Waals surface area contributed by atoms with Gasteiger partial charge in [0.05, 0.1) is 4.88 Å². The molecular formula is C20H17N5O2S. The first kappa shape index (κ1) is 16.9. The standard InChI is InChI=1S/C20H17N5O2S/c1-11-16(22-20(27-11)15-3-2-10-28-15)19(26)21-14-8-6-13(7-9-14)18-23-17(24-25-18)12-4-5-12/h2-3,6-10,12H,4-5H2,1H3,(H,21,26)(H,23,24,25). The van der Waals surface area contributed by atoms with Crippen molar-refractivity contribution in [3.05, 3.63) is 59.1 Å². The van der Waals surface area contributed by atoms with Crippen molar-refractivity contribution >= 4 is 22.9 Å². The molecule has 0 spiro atoms. The largest absolute Gasteiger partial charge is 0.440 e. The number of H-pyrrole nitrogens is 1. The zero-order valence-corrected chi connectivity index (χ0v) is 15.9. The number of carbonyl (C=O) groups excluding carboxylic acids is 1. The molecule has 3 aromatic heterocycles. The molecule has 1 fully saturated rings. The van der Waals surface area contributed by atoms with Gasteiger partial charge in [0.25, 0.3) is 5.91 Å². The Kier molecular flexibility index (Phi) is 4.05. The fourth-order valence-electron chi connectivity index (χ4n) is 2.95. The van der Waals surface area contributed by atoms with Crippen molar-refractivity contribution in [1.29, 1.82) is 0 Å². The van der Waals surface area contributed by atoms with Crippen LogP contribution in [-0.4, -0.2) is 26.1 Å². The monoisotopic (exact) mass is 391 g/mol. The maximum atomic E-state index is 12.6. The first-order chi connectivity index (χ1) is 13.7. The number of aromatic amines is 1. The number of nitrogens with one attached hydrogen (secondary N) is 2. The molecule has 0 aliphatic heterocycles. The maximum Gasteiger partial charge on any atom is 0.277 e. The number of nitrogens with zero attached hydrogens (tertiary/aromatic N) is 3. The number of thiophene rings is 1. The molecule has 0 atom stereocenters. The van der Waals surface area contributed by atoms with Crippen molar-refractivity contribution in [2.24, 2.45) is 0 Å². The van der Waals surface area contributed by atoms with Crippen LogP contribution in [0.1, 0.15) is 40.8 Å². The third-order valence-corrected chi connectivity index (χ3v) is 5.47. The second-order valence-electron chi connectivity index (χ2n) is 6.75. The van der Waals surface area contributed by atoms with Gasteiger partial charge in [-0.05, 0) is 55.5 Å². The Labute approximate surface area is 164 Å². The molecule has 5 rings (SSSR count). The average Bonchev–Trinajstić information content (AvgIpc) is 3.12. The third-order valence-electron chi connectivity index (χ3n) is 4.61. The number of anilines is 1. The molecule has 0 unspecified atom stereocenters. The zero-order valence-electron chi connectivity index (χ0n) is 15.1. The van der Waals surface area contributed by atoms with Crippen LogP contribution in [0.5, 0.6) is 0 Å². The first-order valence-corrected chi connectivity index (χ1v) is 9.91. The molecule has 0 bridgehead atoms. The summed E-state index contributed by atoms with van der Waals surface area (Å²) in [6.45, 7) is 1.74. The van der Waals surface area contributed by atoms with Crippen LogP contribution in [-0.2, 0) is 0 Å². The number of aromatic nitrogens is 4. The molecule has 1 saturated carbocycles. The number of carbonyl (C=O) groups is 1. The lowest BCUT2D eigenvalue weighted by Gasteiger charge is -2.04. The summed E-state index contributed by atoms with van der Waals surface area (Å²) in [5.41, 5.74) is 1.86. The highest BCUT2D eigenvalue weighted by Crippen LogP contribution is 2.38. The number of amides is 1. The molecule has 0 radical (unpaired) electrons. The van der Waals surface area contributed by atoms with E-state index in [-0.39, 0.29) is 11.6 Å². The van der Waals surface area contributed by atoms with E-state index in [2.05, 4.69) is 25.5 Å². The Hall–Kier alpha value is -3.26. The second-order valence-corrected chi connectivity index (χ2v) is 7.70. The summed E-state index contributed by atoms with van der Waals surface area (Å²) in [6.07, 6.45) is 2.35. The number of hydrogen-bond donors (Lipinski definition) is 2. The predicted octanol–water partition coefficient (Wildman–Crippen LogP) is 4.63. The summed E-state index contributed by atoms with van der Waals surface area (Å²) in [6, 6.07) is 11.3. The van der Waals surface area contributed by atoms with Crippen LogP contribution in [0.4, 0.5) is 5.69 Å². The molecule has 0 saturated heterocycles. The van der Waals surface area contributed by atoms with Gasteiger partial charge in [0.15, 0.2) is 11.5 Å². The van der Waals surface area contributed by atoms with Crippen molar-refractivity contribution in [3.8, 4) is 22.2 Å². The second kappa shape index (κ2) is 6.72. The molecule has 4 aromatic rings. The van der Waals surface area contributed by atoms with E-state index >= 15 is 0 Å². The summed E-state index contributed by atoms with van der Waals surface area (Å²) in [5.74, 6) is 2.81. The van der Waals surface area contributed by atoms with Crippen LogP contribution in [0.2, 0.25) is 0 Å². The molecule has 1 aliphatic carbocycles. The molecule has 3 heterocycles. The fraction of sp³-hybridized carbons (Fsp3) is 0.200. The Balaban J connectivity index is 1.31. The summed E-state index contributed by atoms with van der Waals surface area (Å²) >= 11 is 1.52. The van der Waals surface area contributed by atoms with Gasteiger partial charge in [-0.1, -0.05) is 6.07 Å². The Bertz CT molecular complexity index is 1120. The summed E-state index contributed by atoms with van der Waals surface area (Å²) in [7, 11) is 0. The van der Waals surface area contributed by atoms with Crippen molar-refractivity contribution < 1.29 is 9.21 Å². The zero-order chi connectivity index (χ0) is 19.1. The van der Waals surface area contributed by atoms with Crippen LogP contribution < -0.4 is 5.32 Å². The fourth-order valence-corrected chi connectivity index (χ4v) is 3.60. The third kappa shape index (κ3) is 3.22. The molecule has 7 nitrogen and oxygen atoms in total. The van der Waals surface area contributed by atoms with Crippen LogP contribution in [0.3, 0.4) is 0 Å². The highest BCUT2D eigenvalue weighted by atomic mass is 32.1. The molecule has 2 N–H and O–H groups in total. The van der Waals surface area contributed by atoms with Gasteiger partial charge in [-0.25, -0.2) is 9.97 Å². The maximum absolute atomic E-state index is 12.6. The molecule has 140 valence electrons. The highest BCUT2D eigenvalue weighted by Gasteiger charge is 2.27. The van der Waals surface area contributed by atoms with E-state index in [4.69, 9.17) is 4.42 Å². The van der Waals surface area contributed by atoms with E-state index in [0.717, 1.165) is 16.3 Å². The Morgan fingerprint density at radius 3 is 2.75 bits per heavy atom. The highest BCUT2D eigenvalue weighted by molar-refractivity contribution is 7.13. The van der Waals surface area contributed by atoms with Gasteiger partial charge in [0.1, 0.15) is 11.6 Å². The smallest absolute Gasteiger partial charge is 0.277 e. The summed E-state index contributed by atoms with van der Waals surface area (Å²) in [5, 5.41) is 12.1. The van der Waals surface area contributed by atoms with Crippen LogP contribution in [0.25, 0.3) is 22.2 Å². The minimum absolute atomic E-state index is 0.288. The molecular weight excluding hydrogens is 374 g/mol. The summed E-state index contributed by atoms with van der Waals surface area (Å²) < 4.78 is 5.64. The minimum atomic E-state index is -0.300. The van der Waals surface area contributed by atoms with E-state index in [1.54, 1.807) is 6.92 Å².